The summed E-state index contributed by atoms with van der Waals surface area (Å²) in [6.45, 7) is 2.25. The zero-order valence-electron chi connectivity index (χ0n) is 19.3. The molecule has 4 aromatic rings. The van der Waals surface area contributed by atoms with Crippen LogP contribution in [-0.4, -0.2) is 33.1 Å². The van der Waals surface area contributed by atoms with E-state index in [9.17, 15) is 4.79 Å². The second-order valence-corrected chi connectivity index (χ2v) is 9.22. The van der Waals surface area contributed by atoms with Gasteiger partial charge in [-0.25, -0.2) is 4.68 Å². The van der Waals surface area contributed by atoms with Gasteiger partial charge in [0.1, 0.15) is 23.4 Å². The molecule has 0 saturated carbocycles. The molecule has 0 spiro atoms. The van der Waals surface area contributed by atoms with E-state index in [2.05, 4.69) is 20.9 Å². The molecule has 1 aromatic heterocycles. The summed E-state index contributed by atoms with van der Waals surface area (Å²) in [5, 5.41) is 11.8. The molecule has 1 aliphatic heterocycles. The number of rotatable bonds is 7. The van der Waals surface area contributed by atoms with Crippen LogP contribution in [0.5, 0.6) is 11.5 Å². The molecule has 0 fully saturated rings. The van der Waals surface area contributed by atoms with Gasteiger partial charge in [0.2, 0.25) is 11.1 Å². The molecule has 2 atom stereocenters. The van der Waals surface area contributed by atoms with Crippen molar-refractivity contribution in [2.45, 2.75) is 30.0 Å². The summed E-state index contributed by atoms with van der Waals surface area (Å²) in [5.41, 5.74) is 6.27. The van der Waals surface area contributed by atoms with E-state index in [0.29, 0.717) is 11.0 Å². The predicted octanol–water partition coefficient (Wildman–Crippen LogP) is 4.57. The van der Waals surface area contributed by atoms with Crippen molar-refractivity contribution < 1.29 is 14.3 Å². The van der Waals surface area contributed by atoms with Crippen LogP contribution in [0.4, 0.5) is 5.69 Å². The average Bonchev–Trinajstić information content (AvgIpc) is 3.30. The number of hydrogen-bond donors (Lipinski definition) is 2. The molecule has 1 aliphatic rings. The minimum atomic E-state index is -0.482. The Labute approximate surface area is 207 Å². The Bertz CT molecular complexity index is 1290. The van der Waals surface area contributed by atoms with Crippen LogP contribution in [0.2, 0.25) is 0 Å². The molecule has 35 heavy (non-hydrogen) atoms. The molecule has 0 unspecified atom stereocenters. The highest BCUT2D eigenvalue weighted by Gasteiger charge is 2.38. The lowest BCUT2D eigenvalue weighted by atomic mass is 10.0. The van der Waals surface area contributed by atoms with Gasteiger partial charge in [-0.1, -0.05) is 59.8 Å². The molecule has 0 bridgehead atoms. The van der Waals surface area contributed by atoms with E-state index < -0.39 is 5.25 Å². The highest BCUT2D eigenvalue weighted by atomic mass is 32.2. The van der Waals surface area contributed by atoms with Gasteiger partial charge in [-0.2, -0.15) is 0 Å². The number of amides is 1. The quantitative estimate of drug-likeness (QED) is 0.395. The maximum Gasteiger partial charge on any atom is 0.240 e. The molecule has 2 N–H and O–H groups in total. The van der Waals surface area contributed by atoms with Crippen LogP contribution in [0.25, 0.3) is 0 Å². The van der Waals surface area contributed by atoms with Gasteiger partial charge in [-0.15, -0.1) is 10.2 Å². The Morgan fingerprint density at radius 1 is 1.00 bits per heavy atom. The summed E-state index contributed by atoms with van der Waals surface area (Å²) in [6.07, 6.45) is 0. The van der Waals surface area contributed by atoms with Gasteiger partial charge >= 0.3 is 0 Å². The fourth-order valence-electron chi connectivity index (χ4n) is 3.77. The van der Waals surface area contributed by atoms with Gasteiger partial charge in [-0.3, -0.25) is 4.79 Å². The maximum atomic E-state index is 13.4. The van der Waals surface area contributed by atoms with E-state index in [1.54, 1.807) is 11.8 Å². The molecule has 178 valence electrons. The molecule has 0 aliphatic carbocycles. The molecule has 3 aromatic carbocycles. The van der Waals surface area contributed by atoms with E-state index >= 15 is 0 Å². The first-order valence-corrected chi connectivity index (χ1v) is 12.1. The van der Waals surface area contributed by atoms with Crippen LogP contribution >= 0.6 is 11.8 Å². The number of nitrogens with one attached hydrogen (secondary N) is 2. The molecule has 8 nitrogen and oxygen atoms in total. The van der Waals surface area contributed by atoms with Crippen molar-refractivity contribution in [2.75, 3.05) is 17.9 Å². The van der Waals surface area contributed by atoms with Crippen molar-refractivity contribution in [1.82, 2.24) is 14.9 Å². The topological polar surface area (TPSA) is 90.3 Å². The Hall–Kier alpha value is -3.98. The molecule has 2 heterocycles. The average molecular weight is 488 g/mol. The van der Waals surface area contributed by atoms with Crippen molar-refractivity contribution >= 4 is 23.4 Å². The lowest BCUT2D eigenvalue weighted by Gasteiger charge is -2.33. The number of thioether (sulfide) groups is 1. The zero-order valence-corrected chi connectivity index (χ0v) is 20.2. The number of aryl methyl sites for hydroxylation is 1. The molecule has 1 amide bonds. The third-order valence-electron chi connectivity index (χ3n) is 5.67. The van der Waals surface area contributed by atoms with Gasteiger partial charge in [0.25, 0.3) is 0 Å². The fraction of sp³-hybridized carbons (Fsp3) is 0.192. The highest BCUT2D eigenvalue weighted by molar-refractivity contribution is 8.00. The lowest BCUT2D eigenvalue weighted by Crippen LogP contribution is -2.41. The number of carbonyl (C=O) groups excluding carboxylic acids is 1. The third kappa shape index (κ3) is 5.09. The number of nitrogens with zero attached hydrogens (tertiary/aromatic N) is 3. The van der Waals surface area contributed by atoms with E-state index in [0.717, 1.165) is 28.3 Å². The van der Waals surface area contributed by atoms with Crippen molar-refractivity contribution in [3.05, 3.63) is 95.8 Å². The van der Waals surface area contributed by atoms with Crippen molar-refractivity contribution in [2.24, 2.45) is 0 Å². The number of ether oxygens (including phenoxy) is 2. The van der Waals surface area contributed by atoms with Gasteiger partial charge in [0.05, 0.1) is 13.2 Å². The first kappa shape index (κ1) is 22.8. The second kappa shape index (κ2) is 10.1. The smallest absolute Gasteiger partial charge is 0.240 e. The fourth-order valence-corrected chi connectivity index (χ4v) is 4.87. The van der Waals surface area contributed by atoms with Crippen LogP contribution < -0.4 is 20.2 Å². The standard InChI is InChI=1S/C26H25N5O3S/c1-17-8-12-19(13-9-17)27-25(32)24-23(18-10-14-20(33-2)15-11-18)30-31-22(28-29-26(31)35-24)16-34-21-6-4-3-5-7-21/h3-15,23-24,30H,16H2,1-2H3,(H,27,32)/t23-,24+/m1/s1. The van der Waals surface area contributed by atoms with Crippen LogP contribution in [-0.2, 0) is 11.4 Å². The van der Waals surface area contributed by atoms with Crippen molar-refractivity contribution in [3.8, 4) is 11.5 Å². The Kier molecular flexibility index (Phi) is 6.58. The minimum Gasteiger partial charge on any atom is -0.497 e. The summed E-state index contributed by atoms with van der Waals surface area (Å²) >= 11 is 1.37. The number of anilines is 1. The van der Waals surface area contributed by atoms with E-state index in [4.69, 9.17) is 9.47 Å². The highest BCUT2D eigenvalue weighted by Crippen LogP contribution is 2.38. The number of methoxy groups -OCH3 is 1. The lowest BCUT2D eigenvalue weighted by molar-refractivity contribution is -0.116. The number of para-hydroxylation sites is 1. The van der Waals surface area contributed by atoms with Gasteiger partial charge < -0.3 is 20.2 Å². The molecular weight excluding hydrogens is 462 g/mol. The summed E-state index contributed by atoms with van der Waals surface area (Å²) < 4.78 is 13.0. The monoisotopic (exact) mass is 487 g/mol. The maximum absolute atomic E-state index is 13.4. The van der Waals surface area contributed by atoms with Crippen molar-refractivity contribution in [3.63, 3.8) is 0 Å². The summed E-state index contributed by atoms with van der Waals surface area (Å²) in [5.74, 6) is 1.99. The molecular formula is C26H25N5O3S. The van der Waals surface area contributed by atoms with E-state index in [1.807, 2.05) is 85.8 Å². The first-order valence-electron chi connectivity index (χ1n) is 11.2. The number of carbonyl (C=O) groups is 1. The number of fused-ring (bicyclic) bond motifs is 1. The Balaban J connectivity index is 1.41. The normalized spacial score (nSPS) is 16.6. The molecule has 9 heteroatoms. The van der Waals surface area contributed by atoms with Crippen LogP contribution in [0.3, 0.4) is 0 Å². The van der Waals surface area contributed by atoms with Crippen LogP contribution in [0, 0.1) is 6.92 Å². The molecule has 0 radical (unpaired) electrons. The largest absolute Gasteiger partial charge is 0.497 e. The third-order valence-corrected chi connectivity index (χ3v) is 6.88. The Morgan fingerprint density at radius 2 is 1.74 bits per heavy atom. The Morgan fingerprint density at radius 3 is 2.46 bits per heavy atom. The SMILES string of the molecule is COc1ccc([C@H]2Nn3c(COc4ccccc4)nnc3S[C@@H]2C(=O)Nc2ccc(C)cc2)cc1. The molecule has 0 saturated heterocycles. The predicted molar refractivity (Wildman–Crippen MR) is 135 cm³/mol. The zero-order chi connectivity index (χ0) is 24.2. The van der Waals surface area contributed by atoms with Crippen LogP contribution in [0.15, 0.2) is 84.0 Å². The van der Waals surface area contributed by atoms with Crippen molar-refractivity contribution in [1.29, 1.82) is 0 Å². The summed E-state index contributed by atoms with van der Waals surface area (Å²) in [6, 6.07) is 24.6. The number of aromatic nitrogens is 3. The summed E-state index contributed by atoms with van der Waals surface area (Å²) in [4.78, 5) is 13.4. The number of hydrogen-bond acceptors (Lipinski definition) is 7. The van der Waals surface area contributed by atoms with E-state index in [-0.39, 0.29) is 18.6 Å². The van der Waals surface area contributed by atoms with Crippen LogP contribution in [0.1, 0.15) is 23.0 Å². The number of benzene rings is 3. The first-order chi connectivity index (χ1) is 17.1. The van der Waals surface area contributed by atoms with Gasteiger partial charge in [-0.05, 0) is 48.9 Å². The van der Waals surface area contributed by atoms with Gasteiger partial charge in [0, 0.05) is 5.69 Å². The van der Waals surface area contributed by atoms with E-state index in [1.165, 1.54) is 11.8 Å². The summed E-state index contributed by atoms with van der Waals surface area (Å²) in [7, 11) is 1.63. The second-order valence-electron chi connectivity index (χ2n) is 8.11. The van der Waals surface area contributed by atoms with Gasteiger partial charge in [0.15, 0.2) is 5.82 Å². The molecule has 5 rings (SSSR count). The minimum absolute atomic E-state index is 0.122.